The maximum atomic E-state index is 12.7. The van der Waals surface area contributed by atoms with Crippen LogP contribution in [0.1, 0.15) is 57.3 Å². The van der Waals surface area contributed by atoms with E-state index < -0.39 is 5.91 Å². The molecule has 2 N–H and O–H groups in total. The number of nitrogens with one attached hydrogen (secondary N) is 2. The van der Waals surface area contributed by atoms with Crippen LogP contribution < -0.4 is 10.7 Å². The molecule has 0 unspecified atom stereocenters. The Kier molecular flexibility index (Phi) is 6.83. The number of ether oxygens (including phenoxy) is 1. The average Bonchev–Trinajstić information content (AvgIpc) is 3.44. The van der Waals surface area contributed by atoms with Crippen LogP contribution in [0.5, 0.6) is 0 Å². The van der Waals surface area contributed by atoms with Crippen molar-refractivity contribution in [2.45, 2.75) is 32.6 Å². The van der Waals surface area contributed by atoms with Crippen molar-refractivity contribution in [3.8, 4) is 0 Å². The molecule has 0 saturated carbocycles. The Morgan fingerprint density at radius 1 is 1.19 bits per heavy atom. The molecule has 1 aliphatic carbocycles. The molecule has 0 aromatic carbocycles. The number of hydrazone groups is 1. The third-order valence-corrected chi connectivity index (χ3v) is 5.61. The van der Waals surface area contributed by atoms with Crippen molar-refractivity contribution in [1.82, 2.24) is 15.6 Å². The summed E-state index contributed by atoms with van der Waals surface area (Å²) in [7, 11) is 0. The Morgan fingerprint density at radius 3 is 2.81 bits per heavy atom. The minimum absolute atomic E-state index is 0.196. The number of furan rings is 2. The molecule has 2 aliphatic rings. The first kappa shape index (κ1) is 21.3. The molecule has 9 heteroatoms. The standard InChI is InChI=1S/C22H28N4O5/c1-15-19-16(24-25-21(27)18-7-3-12-30-18)5-2-6-17(19)31-20(15)22(28)23-8-4-9-26-10-13-29-14-11-26/h3,7,12H,2,4-6,8-11,13-14H2,1H3,(H,23,28)(H,25,27)/b24-16+. The average molecular weight is 428 g/mol. The van der Waals surface area contributed by atoms with E-state index in [2.05, 4.69) is 20.7 Å². The van der Waals surface area contributed by atoms with Gasteiger partial charge in [-0.2, -0.15) is 5.10 Å². The van der Waals surface area contributed by atoms with Crippen LogP contribution in [0.15, 0.2) is 32.3 Å². The fraction of sp³-hybridized carbons (Fsp3) is 0.500. The zero-order valence-electron chi connectivity index (χ0n) is 17.7. The Hall–Kier alpha value is -2.91. The summed E-state index contributed by atoms with van der Waals surface area (Å²) in [5.41, 5.74) is 4.83. The van der Waals surface area contributed by atoms with Gasteiger partial charge in [-0.05, 0) is 44.9 Å². The van der Waals surface area contributed by atoms with Gasteiger partial charge in [0.15, 0.2) is 11.5 Å². The number of carbonyl (C=O) groups excluding carboxylic acids is 2. The summed E-state index contributed by atoms with van der Waals surface area (Å²) < 4.78 is 16.3. The third-order valence-electron chi connectivity index (χ3n) is 5.61. The van der Waals surface area contributed by atoms with Gasteiger partial charge in [-0.3, -0.25) is 14.5 Å². The van der Waals surface area contributed by atoms with E-state index in [1.165, 1.54) is 6.26 Å². The number of amides is 2. The molecule has 3 heterocycles. The second-order valence-electron chi connectivity index (χ2n) is 7.75. The van der Waals surface area contributed by atoms with Gasteiger partial charge in [-0.1, -0.05) is 0 Å². The quantitative estimate of drug-likeness (QED) is 0.516. The molecule has 31 heavy (non-hydrogen) atoms. The van der Waals surface area contributed by atoms with E-state index in [9.17, 15) is 9.59 Å². The highest BCUT2D eigenvalue weighted by molar-refractivity contribution is 6.07. The Morgan fingerprint density at radius 2 is 2.03 bits per heavy atom. The Bertz CT molecular complexity index is 942. The lowest BCUT2D eigenvalue weighted by Gasteiger charge is -2.26. The van der Waals surface area contributed by atoms with Crippen LogP contribution in [0.2, 0.25) is 0 Å². The highest BCUT2D eigenvalue weighted by Gasteiger charge is 2.28. The first-order valence-electron chi connectivity index (χ1n) is 10.7. The second-order valence-corrected chi connectivity index (χ2v) is 7.75. The number of hydrogen-bond acceptors (Lipinski definition) is 7. The van der Waals surface area contributed by atoms with Crippen LogP contribution in [0.25, 0.3) is 0 Å². The van der Waals surface area contributed by atoms with Crippen molar-refractivity contribution in [2.24, 2.45) is 5.10 Å². The number of nitrogens with zero attached hydrogens (tertiary/aromatic N) is 2. The van der Waals surface area contributed by atoms with Gasteiger partial charge in [-0.15, -0.1) is 0 Å². The first-order chi connectivity index (χ1) is 15.1. The zero-order chi connectivity index (χ0) is 21.6. The predicted molar refractivity (Wildman–Crippen MR) is 113 cm³/mol. The molecule has 1 fully saturated rings. The molecule has 0 bridgehead atoms. The van der Waals surface area contributed by atoms with E-state index in [4.69, 9.17) is 13.6 Å². The van der Waals surface area contributed by atoms with Crippen molar-refractivity contribution >= 4 is 17.5 Å². The Labute approximate surface area is 180 Å². The van der Waals surface area contributed by atoms with E-state index >= 15 is 0 Å². The molecule has 166 valence electrons. The molecule has 2 amide bonds. The van der Waals surface area contributed by atoms with Crippen molar-refractivity contribution in [2.75, 3.05) is 39.4 Å². The molecule has 2 aromatic rings. The molecule has 4 rings (SSSR count). The lowest BCUT2D eigenvalue weighted by molar-refractivity contribution is 0.0374. The first-order valence-corrected chi connectivity index (χ1v) is 10.7. The third kappa shape index (κ3) is 5.05. The van der Waals surface area contributed by atoms with E-state index in [0.29, 0.717) is 24.4 Å². The maximum Gasteiger partial charge on any atom is 0.307 e. The van der Waals surface area contributed by atoms with Crippen LogP contribution in [0.3, 0.4) is 0 Å². The molecule has 0 spiro atoms. The summed E-state index contributed by atoms with van der Waals surface area (Å²) in [6.07, 6.45) is 4.59. The smallest absolute Gasteiger partial charge is 0.307 e. The summed E-state index contributed by atoms with van der Waals surface area (Å²) in [5, 5.41) is 7.25. The monoisotopic (exact) mass is 428 g/mol. The van der Waals surface area contributed by atoms with Crippen molar-refractivity contribution in [1.29, 1.82) is 0 Å². The van der Waals surface area contributed by atoms with Crippen LogP contribution in [-0.4, -0.2) is 61.8 Å². The molecular weight excluding hydrogens is 400 g/mol. The van der Waals surface area contributed by atoms with Gasteiger partial charge in [0.2, 0.25) is 0 Å². The molecule has 9 nitrogen and oxygen atoms in total. The topological polar surface area (TPSA) is 109 Å². The second kappa shape index (κ2) is 9.93. The molecule has 0 atom stereocenters. The normalized spacial score (nSPS) is 18.0. The number of rotatable bonds is 7. The Balaban J connectivity index is 1.37. The van der Waals surface area contributed by atoms with Gasteiger partial charge in [0, 0.05) is 37.2 Å². The maximum absolute atomic E-state index is 12.7. The summed E-state index contributed by atoms with van der Waals surface area (Å²) in [6.45, 7) is 6.81. The van der Waals surface area contributed by atoms with E-state index in [-0.39, 0.29) is 11.7 Å². The summed E-state index contributed by atoms with van der Waals surface area (Å²) in [6, 6.07) is 3.22. The van der Waals surface area contributed by atoms with Gasteiger partial charge in [0.05, 0.1) is 25.2 Å². The molecule has 0 radical (unpaired) electrons. The predicted octanol–water partition coefficient (Wildman–Crippen LogP) is 2.10. The van der Waals surface area contributed by atoms with E-state index in [1.54, 1.807) is 12.1 Å². The van der Waals surface area contributed by atoms with Crippen molar-refractivity contribution in [3.05, 3.63) is 46.8 Å². The highest BCUT2D eigenvalue weighted by Crippen LogP contribution is 2.29. The van der Waals surface area contributed by atoms with Gasteiger partial charge in [0.25, 0.3) is 5.91 Å². The number of hydrogen-bond donors (Lipinski definition) is 2. The minimum atomic E-state index is -0.413. The number of fused-ring (bicyclic) bond motifs is 1. The number of carbonyl (C=O) groups is 2. The molecule has 1 aliphatic heterocycles. The largest absolute Gasteiger partial charge is 0.459 e. The van der Waals surface area contributed by atoms with Gasteiger partial charge >= 0.3 is 5.91 Å². The van der Waals surface area contributed by atoms with Crippen LogP contribution >= 0.6 is 0 Å². The molecular formula is C22H28N4O5. The lowest BCUT2D eigenvalue weighted by atomic mass is 9.93. The number of morpholine rings is 1. The van der Waals surface area contributed by atoms with E-state index in [1.807, 2.05) is 6.92 Å². The van der Waals surface area contributed by atoms with Gasteiger partial charge < -0.3 is 18.9 Å². The van der Waals surface area contributed by atoms with Crippen molar-refractivity contribution in [3.63, 3.8) is 0 Å². The van der Waals surface area contributed by atoms with Crippen LogP contribution in [0.4, 0.5) is 0 Å². The van der Waals surface area contributed by atoms with Gasteiger partial charge in [0.1, 0.15) is 5.76 Å². The summed E-state index contributed by atoms with van der Waals surface area (Å²) in [5.74, 6) is 0.634. The zero-order valence-corrected chi connectivity index (χ0v) is 17.7. The van der Waals surface area contributed by atoms with Crippen LogP contribution in [0, 0.1) is 6.92 Å². The molecule has 1 saturated heterocycles. The van der Waals surface area contributed by atoms with Gasteiger partial charge in [-0.25, -0.2) is 5.43 Å². The summed E-state index contributed by atoms with van der Waals surface area (Å²) in [4.78, 5) is 27.2. The minimum Gasteiger partial charge on any atom is -0.459 e. The highest BCUT2D eigenvalue weighted by atomic mass is 16.5. The SMILES string of the molecule is Cc1c(C(=O)NCCCN2CCOCC2)oc2c1/C(=N/NC(=O)c1ccco1)CCC2. The lowest BCUT2D eigenvalue weighted by Crippen LogP contribution is -2.38. The van der Waals surface area contributed by atoms with Crippen LogP contribution in [-0.2, 0) is 11.2 Å². The summed E-state index contributed by atoms with van der Waals surface area (Å²) >= 11 is 0. The number of aryl methyl sites for hydroxylation is 1. The van der Waals surface area contributed by atoms with E-state index in [0.717, 1.165) is 69.0 Å². The molecule has 2 aromatic heterocycles. The fourth-order valence-electron chi connectivity index (χ4n) is 3.99. The van der Waals surface area contributed by atoms with Crippen molar-refractivity contribution < 1.29 is 23.2 Å². The fourth-order valence-corrected chi connectivity index (χ4v) is 3.99.